The summed E-state index contributed by atoms with van der Waals surface area (Å²) < 4.78 is 0. The summed E-state index contributed by atoms with van der Waals surface area (Å²) in [5.41, 5.74) is 11.9. The molecule has 0 saturated carbocycles. The number of amides is 1. The van der Waals surface area contributed by atoms with Crippen LogP contribution >= 0.6 is 11.3 Å². The highest BCUT2D eigenvalue weighted by Gasteiger charge is 2.10. The number of nitrogens with two attached hydrogens (primary N) is 2. The summed E-state index contributed by atoms with van der Waals surface area (Å²) in [6, 6.07) is 17.0. The standard InChI is InChI=1S/C17H12N4OS/c18-9-12-6-7-15(23-12)13-3-1-2-10-4-5-11(8-14(10)13)16(22)21-17(19)20/h1-8H,(H4,19,20,21,22). The van der Waals surface area contributed by atoms with Crippen molar-refractivity contribution in [1.29, 1.82) is 5.26 Å². The molecular weight excluding hydrogens is 308 g/mol. The summed E-state index contributed by atoms with van der Waals surface area (Å²) in [5, 5.41) is 10.9. The van der Waals surface area contributed by atoms with Crippen molar-refractivity contribution >= 4 is 34.0 Å². The van der Waals surface area contributed by atoms with Crippen molar-refractivity contribution in [3.8, 4) is 16.5 Å². The predicted octanol–water partition coefficient (Wildman–Crippen LogP) is 2.85. The second-order valence-corrected chi connectivity index (χ2v) is 5.94. The number of nitrogens with zero attached hydrogens (tertiary/aromatic N) is 2. The van der Waals surface area contributed by atoms with Gasteiger partial charge in [0.15, 0.2) is 5.96 Å². The van der Waals surface area contributed by atoms with Crippen LogP contribution in [0.4, 0.5) is 0 Å². The van der Waals surface area contributed by atoms with E-state index in [1.807, 2.05) is 30.3 Å². The largest absolute Gasteiger partial charge is 0.370 e. The van der Waals surface area contributed by atoms with E-state index < -0.39 is 5.91 Å². The lowest BCUT2D eigenvalue weighted by atomic mass is 10.0. The third kappa shape index (κ3) is 2.91. The Morgan fingerprint density at radius 1 is 1.13 bits per heavy atom. The zero-order valence-corrected chi connectivity index (χ0v) is 12.8. The number of hydrogen-bond donors (Lipinski definition) is 2. The molecule has 23 heavy (non-hydrogen) atoms. The average molecular weight is 320 g/mol. The minimum absolute atomic E-state index is 0.264. The van der Waals surface area contributed by atoms with Gasteiger partial charge in [0, 0.05) is 10.4 Å². The van der Waals surface area contributed by atoms with Gasteiger partial charge < -0.3 is 11.5 Å². The monoisotopic (exact) mass is 320 g/mol. The van der Waals surface area contributed by atoms with E-state index in [-0.39, 0.29) is 5.96 Å². The lowest BCUT2D eigenvalue weighted by molar-refractivity contribution is 0.100. The summed E-state index contributed by atoms with van der Waals surface area (Å²) in [6.07, 6.45) is 0. The topological polar surface area (TPSA) is 105 Å². The average Bonchev–Trinajstić information content (AvgIpc) is 3.02. The Balaban J connectivity index is 2.17. The second-order valence-electron chi connectivity index (χ2n) is 4.86. The first-order valence-corrected chi connectivity index (χ1v) is 7.57. The fraction of sp³-hybridized carbons (Fsp3) is 0. The number of rotatable bonds is 2. The van der Waals surface area contributed by atoms with Gasteiger partial charge in [-0.3, -0.25) is 4.79 Å². The number of nitriles is 1. The third-order valence-electron chi connectivity index (χ3n) is 3.34. The van der Waals surface area contributed by atoms with Crippen LogP contribution in [0.15, 0.2) is 53.5 Å². The van der Waals surface area contributed by atoms with Crippen LogP contribution < -0.4 is 11.5 Å². The number of carbonyl (C=O) groups excluding carboxylic acids is 1. The summed E-state index contributed by atoms with van der Waals surface area (Å²) >= 11 is 1.41. The van der Waals surface area contributed by atoms with Crippen molar-refractivity contribution < 1.29 is 4.79 Å². The van der Waals surface area contributed by atoms with E-state index in [1.54, 1.807) is 18.2 Å². The van der Waals surface area contributed by atoms with Gasteiger partial charge in [0.1, 0.15) is 10.9 Å². The molecule has 6 heteroatoms. The molecule has 0 aliphatic carbocycles. The van der Waals surface area contributed by atoms with Crippen LogP contribution in [0.3, 0.4) is 0 Å². The van der Waals surface area contributed by atoms with Crippen molar-refractivity contribution in [3.63, 3.8) is 0 Å². The highest BCUT2D eigenvalue weighted by Crippen LogP contribution is 2.34. The Morgan fingerprint density at radius 3 is 2.65 bits per heavy atom. The molecule has 112 valence electrons. The molecule has 0 aliphatic heterocycles. The van der Waals surface area contributed by atoms with E-state index in [9.17, 15) is 4.79 Å². The highest BCUT2D eigenvalue weighted by molar-refractivity contribution is 7.16. The first-order chi connectivity index (χ1) is 11.1. The summed E-state index contributed by atoms with van der Waals surface area (Å²) in [6.45, 7) is 0. The van der Waals surface area contributed by atoms with E-state index in [0.29, 0.717) is 10.4 Å². The van der Waals surface area contributed by atoms with Crippen LogP contribution in [0.2, 0.25) is 0 Å². The molecule has 0 aliphatic rings. The van der Waals surface area contributed by atoms with Crippen LogP contribution in [0.1, 0.15) is 15.2 Å². The maximum Gasteiger partial charge on any atom is 0.280 e. The maximum atomic E-state index is 12.0. The van der Waals surface area contributed by atoms with Gasteiger partial charge in [0.2, 0.25) is 0 Å². The van der Waals surface area contributed by atoms with E-state index in [2.05, 4.69) is 11.1 Å². The molecule has 0 saturated heterocycles. The van der Waals surface area contributed by atoms with Crippen LogP contribution in [0.5, 0.6) is 0 Å². The van der Waals surface area contributed by atoms with Crippen molar-refractivity contribution in [2.24, 2.45) is 16.5 Å². The quantitative estimate of drug-likeness (QED) is 0.559. The highest BCUT2D eigenvalue weighted by atomic mass is 32.1. The first kappa shape index (κ1) is 14.8. The van der Waals surface area contributed by atoms with Crippen LogP contribution in [0, 0.1) is 11.3 Å². The van der Waals surface area contributed by atoms with Crippen LogP contribution in [0.25, 0.3) is 21.2 Å². The van der Waals surface area contributed by atoms with Crippen molar-refractivity contribution in [2.75, 3.05) is 0 Å². The minimum atomic E-state index is -0.481. The number of benzene rings is 2. The summed E-state index contributed by atoms with van der Waals surface area (Å²) in [4.78, 5) is 17.2. The Morgan fingerprint density at radius 2 is 1.96 bits per heavy atom. The van der Waals surface area contributed by atoms with Crippen molar-refractivity contribution in [1.82, 2.24) is 0 Å². The number of guanidine groups is 1. The van der Waals surface area contributed by atoms with E-state index in [1.165, 1.54) is 11.3 Å². The molecule has 0 atom stereocenters. The lowest BCUT2D eigenvalue weighted by Crippen LogP contribution is -2.24. The Labute approximate surface area is 136 Å². The van der Waals surface area contributed by atoms with Gasteiger partial charge in [-0.15, -0.1) is 11.3 Å². The molecule has 1 aromatic heterocycles. The smallest absolute Gasteiger partial charge is 0.280 e. The molecule has 0 bridgehead atoms. The molecule has 1 amide bonds. The van der Waals surface area contributed by atoms with Crippen molar-refractivity contribution in [3.05, 3.63) is 59.0 Å². The Bertz CT molecular complexity index is 978. The Kier molecular flexibility index (Phi) is 3.79. The normalized spacial score (nSPS) is 10.2. The third-order valence-corrected chi connectivity index (χ3v) is 4.36. The molecule has 4 N–H and O–H groups in total. The second kappa shape index (κ2) is 5.91. The molecule has 0 unspecified atom stereocenters. The molecular formula is C17H12N4OS. The van der Waals surface area contributed by atoms with E-state index in [0.717, 1.165) is 21.2 Å². The molecule has 0 fully saturated rings. The molecule has 0 radical (unpaired) electrons. The zero-order valence-electron chi connectivity index (χ0n) is 12.0. The van der Waals surface area contributed by atoms with Crippen LogP contribution in [-0.4, -0.2) is 11.9 Å². The number of thiophene rings is 1. The maximum absolute atomic E-state index is 12.0. The molecule has 3 rings (SSSR count). The van der Waals surface area contributed by atoms with Gasteiger partial charge in [-0.25, -0.2) is 0 Å². The number of fused-ring (bicyclic) bond motifs is 1. The van der Waals surface area contributed by atoms with Gasteiger partial charge in [-0.2, -0.15) is 10.3 Å². The lowest BCUT2D eigenvalue weighted by Gasteiger charge is -2.06. The fourth-order valence-corrected chi connectivity index (χ4v) is 3.19. The fourth-order valence-electron chi connectivity index (χ4n) is 2.35. The molecule has 2 aromatic carbocycles. The van der Waals surface area contributed by atoms with Gasteiger partial charge in [0.25, 0.3) is 5.91 Å². The van der Waals surface area contributed by atoms with Crippen molar-refractivity contribution in [2.45, 2.75) is 0 Å². The summed E-state index contributed by atoms with van der Waals surface area (Å²) in [5.74, 6) is -0.745. The molecule has 5 nitrogen and oxygen atoms in total. The Hall–Kier alpha value is -3.17. The van der Waals surface area contributed by atoms with E-state index >= 15 is 0 Å². The molecule has 1 heterocycles. The van der Waals surface area contributed by atoms with Gasteiger partial charge in [-0.05, 0) is 40.6 Å². The van der Waals surface area contributed by atoms with Gasteiger partial charge in [0.05, 0.1) is 0 Å². The SMILES string of the molecule is N#Cc1ccc(-c2cccc3ccc(C(=O)N=C(N)N)cc23)s1. The van der Waals surface area contributed by atoms with Gasteiger partial charge >= 0.3 is 0 Å². The van der Waals surface area contributed by atoms with E-state index in [4.69, 9.17) is 16.7 Å². The zero-order chi connectivity index (χ0) is 16.4. The van der Waals surface area contributed by atoms with Gasteiger partial charge in [-0.1, -0.05) is 24.3 Å². The molecule has 0 spiro atoms. The minimum Gasteiger partial charge on any atom is -0.370 e. The number of aliphatic imine (C=N–C) groups is 1. The summed E-state index contributed by atoms with van der Waals surface area (Å²) in [7, 11) is 0. The number of carbonyl (C=O) groups is 1. The predicted molar refractivity (Wildman–Crippen MR) is 92.1 cm³/mol. The first-order valence-electron chi connectivity index (χ1n) is 6.75. The number of hydrogen-bond acceptors (Lipinski definition) is 3. The molecule has 3 aromatic rings. The van der Waals surface area contributed by atoms with Crippen LogP contribution in [-0.2, 0) is 0 Å².